The van der Waals surface area contributed by atoms with Crippen molar-refractivity contribution in [1.29, 1.82) is 0 Å². The first-order valence-corrected chi connectivity index (χ1v) is 6.76. The normalized spacial score (nSPS) is 19.5. The molecule has 1 N–H and O–H groups in total. The topological polar surface area (TPSA) is 38.3 Å². The Morgan fingerprint density at radius 3 is 2.78 bits per heavy atom. The molecular weight excluding hydrogens is 226 g/mol. The summed E-state index contributed by atoms with van der Waals surface area (Å²) < 4.78 is 5.76. The average Bonchev–Trinajstić information content (AvgIpc) is 2.46. The predicted octanol–water partition coefficient (Wildman–Crippen LogP) is 2.66. The van der Waals surface area contributed by atoms with Gasteiger partial charge in [-0.2, -0.15) is 0 Å². The average molecular weight is 247 g/mol. The molecule has 1 aromatic rings. The van der Waals surface area contributed by atoms with Crippen molar-refractivity contribution in [1.82, 2.24) is 5.32 Å². The van der Waals surface area contributed by atoms with Gasteiger partial charge >= 0.3 is 0 Å². The highest BCUT2D eigenvalue weighted by molar-refractivity contribution is 5.95. The Morgan fingerprint density at radius 2 is 2.17 bits per heavy atom. The van der Waals surface area contributed by atoms with Gasteiger partial charge in [0.05, 0.1) is 6.61 Å². The highest BCUT2D eigenvalue weighted by Crippen LogP contribution is 2.16. The number of hydrogen-bond donors (Lipinski definition) is 1. The minimum Gasteiger partial charge on any atom is -0.493 e. The van der Waals surface area contributed by atoms with E-state index in [2.05, 4.69) is 5.32 Å². The third-order valence-electron chi connectivity index (χ3n) is 3.38. The number of benzene rings is 1. The van der Waals surface area contributed by atoms with E-state index in [1.807, 2.05) is 31.2 Å². The molecule has 1 fully saturated rings. The van der Waals surface area contributed by atoms with Gasteiger partial charge in [0.2, 0.25) is 0 Å². The lowest BCUT2D eigenvalue weighted by atomic mass is 10.0. The summed E-state index contributed by atoms with van der Waals surface area (Å²) in [7, 11) is 0. The molecule has 0 spiro atoms. The standard InChI is InChI=1S/C15H21NO2/c1-2-15(17)13-5-7-14(8-6-13)18-11-12-4-3-9-16-10-12/h5-8,12,16H,2-4,9-11H2,1H3. The van der Waals surface area contributed by atoms with Crippen molar-refractivity contribution in [3.8, 4) is 5.75 Å². The van der Waals surface area contributed by atoms with Gasteiger partial charge in [-0.05, 0) is 43.7 Å². The number of Topliss-reactive ketones (excluding diaryl/α,β-unsaturated/α-hetero) is 1. The van der Waals surface area contributed by atoms with Gasteiger partial charge in [0.15, 0.2) is 5.78 Å². The number of ketones is 1. The van der Waals surface area contributed by atoms with Crippen LogP contribution < -0.4 is 10.1 Å². The molecule has 1 unspecified atom stereocenters. The molecule has 0 amide bonds. The molecule has 1 atom stereocenters. The molecule has 3 heteroatoms. The SMILES string of the molecule is CCC(=O)c1ccc(OCC2CCCNC2)cc1. The number of carbonyl (C=O) groups is 1. The van der Waals surface area contributed by atoms with Gasteiger partial charge in [0, 0.05) is 24.4 Å². The Bertz CT molecular complexity index is 380. The van der Waals surface area contributed by atoms with Gasteiger partial charge in [-0.25, -0.2) is 0 Å². The number of hydrogen-bond acceptors (Lipinski definition) is 3. The molecule has 98 valence electrons. The quantitative estimate of drug-likeness (QED) is 0.813. The highest BCUT2D eigenvalue weighted by Gasteiger charge is 2.13. The monoisotopic (exact) mass is 247 g/mol. The molecular formula is C15H21NO2. The van der Waals surface area contributed by atoms with Crippen LogP contribution >= 0.6 is 0 Å². The van der Waals surface area contributed by atoms with Crippen LogP contribution in [0.25, 0.3) is 0 Å². The minimum atomic E-state index is 0.179. The lowest BCUT2D eigenvalue weighted by molar-refractivity contribution is 0.0988. The van der Waals surface area contributed by atoms with E-state index < -0.39 is 0 Å². The summed E-state index contributed by atoms with van der Waals surface area (Å²) in [6, 6.07) is 7.47. The Kier molecular flexibility index (Phi) is 4.76. The Balaban J connectivity index is 1.84. The number of ether oxygens (including phenoxy) is 1. The molecule has 2 rings (SSSR count). The van der Waals surface area contributed by atoms with E-state index >= 15 is 0 Å². The van der Waals surface area contributed by atoms with Crippen LogP contribution in [0.3, 0.4) is 0 Å². The van der Waals surface area contributed by atoms with Crippen LogP contribution in [0, 0.1) is 5.92 Å². The first-order chi connectivity index (χ1) is 8.79. The van der Waals surface area contributed by atoms with Crippen molar-refractivity contribution >= 4 is 5.78 Å². The molecule has 1 heterocycles. The van der Waals surface area contributed by atoms with Gasteiger partial charge in [-0.3, -0.25) is 4.79 Å². The largest absolute Gasteiger partial charge is 0.493 e. The lowest BCUT2D eigenvalue weighted by Crippen LogP contribution is -2.33. The van der Waals surface area contributed by atoms with Crippen molar-refractivity contribution < 1.29 is 9.53 Å². The summed E-state index contributed by atoms with van der Waals surface area (Å²) in [6.07, 6.45) is 3.02. The highest BCUT2D eigenvalue weighted by atomic mass is 16.5. The molecule has 1 aromatic carbocycles. The second-order valence-corrected chi connectivity index (χ2v) is 4.82. The van der Waals surface area contributed by atoms with Crippen LogP contribution in [-0.4, -0.2) is 25.5 Å². The number of carbonyl (C=O) groups excluding carboxylic acids is 1. The first-order valence-electron chi connectivity index (χ1n) is 6.76. The second-order valence-electron chi connectivity index (χ2n) is 4.82. The molecule has 1 saturated heterocycles. The fraction of sp³-hybridized carbons (Fsp3) is 0.533. The van der Waals surface area contributed by atoms with E-state index in [-0.39, 0.29) is 5.78 Å². The molecule has 0 saturated carbocycles. The summed E-state index contributed by atoms with van der Waals surface area (Å²) in [5, 5.41) is 3.38. The molecule has 18 heavy (non-hydrogen) atoms. The fourth-order valence-corrected chi connectivity index (χ4v) is 2.22. The maximum atomic E-state index is 11.5. The van der Waals surface area contributed by atoms with Crippen molar-refractivity contribution in [3.63, 3.8) is 0 Å². The van der Waals surface area contributed by atoms with E-state index in [1.165, 1.54) is 12.8 Å². The Morgan fingerprint density at radius 1 is 1.39 bits per heavy atom. The van der Waals surface area contributed by atoms with Gasteiger partial charge in [-0.1, -0.05) is 6.92 Å². The summed E-state index contributed by atoms with van der Waals surface area (Å²) in [5.74, 6) is 1.64. The third-order valence-corrected chi connectivity index (χ3v) is 3.38. The van der Waals surface area contributed by atoms with Gasteiger partial charge < -0.3 is 10.1 Å². The van der Waals surface area contributed by atoms with Crippen molar-refractivity contribution in [2.45, 2.75) is 26.2 Å². The number of rotatable bonds is 5. The zero-order chi connectivity index (χ0) is 12.8. The van der Waals surface area contributed by atoms with Crippen molar-refractivity contribution in [3.05, 3.63) is 29.8 Å². The molecule has 0 aromatic heterocycles. The maximum absolute atomic E-state index is 11.5. The summed E-state index contributed by atoms with van der Waals surface area (Å²) in [4.78, 5) is 11.5. The van der Waals surface area contributed by atoms with E-state index in [0.29, 0.717) is 12.3 Å². The second kappa shape index (κ2) is 6.55. The Hall–Kier alpha value is -1.35. The zero-order valence-corrected chi connectivity index (χ0v) is 10.9. The molecule has 3 nitrogen and oxygen atoms in total. The third kappa shape index (κ3) is 3.57. The van der Waals surface area contributed by atoms with Crippen LogP contribution in [-0.2, 0) is 0 Å². The van der Waals surface area contributed by atoms with Gasteiger partial charge in [0.1, 0.15) is 5.75 Å². The van der Waals surface area contributed by atoms with Crippen molar-refractivity contribution in [2.75, 3.05) is 19.7 Å². The zero-order valence-electron chi connectivity index (χ0n) is 10.9. The summed E-state index contributed by atoms with van der Waals surface area (Å²) in [5.41, 5.74) is 0.768. The molecule has 1 aliphatic rings. The van der Waals surface area contributed by atoms with E-state index in [1.54, 1.807) is 0 Å². The summed E-state index contributed by atoms with van der Waals surface area (Å²) in [6.45, 7) is 4.81. The van der Waals surface area contributed by atoms with E-state index in [4.69, 9.17) is 4.74 Å². The smallest absolute Gasteiger partial charge is 0.162 e. The van der Waals surface area contributed by atoms with Crippen molar-refractivity contribution in [2.24, 2.45) is 5.92 Å². The van der Waals surface area contributed by atoms with Crippen LogP contribution in [0.1, 0.15) is 36.5 Å². The van der Waals surface area contributed by atoms with Gasteiger partial charge in [0.25, 0.3) is 0 Å². The van der Waals surface area contributed by atoms with E-state index in [0.717, 1.165) is 31.0 Å². The number of piperidine rings is 1. The molecule has 1 aliphatic heterocycles. The molecule has 0 bridgehead atoms. The molecule has 0 radical (unpaired) electrons. The van der Waals surface area contributed by atoms with Crippen LogP contribution in [0.4, 0.5) is 0 Å². The lowest BCUT2D eigenvalue weighted by Gasteiger charge is -2.22. The fourth-order valence-electron chi connectivity index (χ4n) is 2.22. The van der Waals surface area contributed by atoms with Gasteiger partial charge in [-0.15, -0.1) is 0 Å². The van der Waals surface area contributed by atoms with Crippen LogP contribution in [0.15, 0.2) is 24.3 Å². The minimum absolute atomic E-state index is 0.179. The molecule has 0 aliphatic carbocycles. The predicted molar refractivity (Wildman–Crippen MR) is 72.2 cm³/mol. The summed E-state index contributed by atoms with van der Waals surface area (Å²) >= 11 is 0. The van der Waals surface area contributed by atoms with E-state index in [9.17, 15) is 4.79 Å². The maximum Gasteiger partial charge on any atom is 0.162 e. The first kappa shape index (κ1) is 13.1. The van der Waals surface area contributed by atoms with Crippen LogP contribution in [0.2, 0.25) is 0 Å². The Labute approximate surface area is 109 Å². The number of nitrogens with one attached hydrogen (secondary N) is 1. The van der Waals surface area contributed by atoms with Crippen LogP contribution in [0.5, 0.6) is 5.75 Å².